The van der Waals surface area contributed by atoms with E-state index in [9.17, 15) is 0 Å². The number of hydrogen-bond donors (Lipinski definition) is 0. The van der Waals surface area contributed by atoms with Gasteiger partial charge < -0.3 is 4.90 Å². The summed E-state index contributed by atoms with van der Waals surface area (Å²) in [6, 6.07) is 2.41. The smallest absolute Gasteiger partial charge is 0.162 e. The van der Waals surface area contributed by atoms with Gasteiger partial charge in [-0.05, 0) is 25.4 Å². The molecular weight excluding hydrogens is 300 g/mol. The standard InChI is InChI=1S/C12H13ClN4S2/c1-8(2)17(5-3-10-15-4-6-18-10)12-9(7-14)11(13)16-19-12/h4,6,8H,3,5H2,1-2H3. The summed E-state index contributed by atoms with van der Waals surface area (Å²) < 4.78 is 4.07. The molecule has 2 aromatic rings. The molecule has 0 saturated carbocycles. The molecule has 0 saturated heterocycles. The zero-order chi connectivity index (χ0) is 13.8. The number of halogens is 1. The van der Waals surface area contributed by atoms with E-state index in [2.05, 4.69) is 34.2 Å². The fourth-order valence-corrected chi connectivity index (χ4v) is 3.54. The van der Waals surface area contributed by atoms with E-state index in [4.69, 9.17) is 16.9 Å². The number of hydrogen-bond acceptors (Lipinski definition) is 6. The van der Waals surface area contributed by atoms with Gasteiger partial charge in [0.15, 0.2) is 5.15 Å². The lowest BCUT2D eigenvalue weighted by atomic mass is 10.2. The first-order valence-corrected chi connectivity index (χ1v) is 7.87. The highest BCUT2D eigenvalue weighted by atomic mass is 35.5. The molecule has 0 radical (unpaired) electrons. The van der Waals surface area contributed by atoms with E-state index in [0.29, 0.717) is 10.7 Å². The molecule has 0 aromatic carbocycles. The van der Waals surface area contributed by atoms with Crippen LogP contribution in [0.15, 0.2) is 11.6 Å². The predicted molar refractivity (Wildman–Crippen MR) is 80.1 cm³/mol. The SMILES string of the molecule is CC(C)N(CCc1nccs1)c1snc(Cl)c1C#N. The number of anilines is 1. The van der Waals surface area contributed by atoms with Gasteiger partial charge in [-0.3, -0.25) is 0 Å². The third-order valence-electron chi connectivity index (χ3n) is 2.68. The Labute approximate surface area is 125 Å². The van der Waals surface area contributed by atoms with E-state index < -0.39 is 0 Å². The zero-order valence-electron chi connectivity index (χ0n) is 10.6. The van der Waals surface area contributed by atoms with Crippen molar-refractivity contribution in [2.45, 2.75) is 26.3 Å². The number of thiazole rings is 1. The normalized spacial score (nSPS) is 10.7. The Kier molecular flexibility index (Phi) is 4.75. The van der Waals surface area contributed by atoms with Gasteiger partial charge in [0.25, 0.3) is 0 Å². The van der Waals surface area contributed by atoms with Gasteiger partial charge in [0.2, 0.25) is 0 Å². The number of rotatable bonds is 5. The monoisotopic (exact) mass is 312 g/mol. The molecule has 0 aliphatic rings. The van der Waals surface area contributed by atoms with Crippen molar-refractivity contribution < 1.29 is 0 Å². The lowest BCUT2D eigenvalue weighted by Crippen LogP contribution is -2.32. The molecule has 19 heavy (non-hydrogen) atoms. The summed E-state index contributed by atoms with van der Waals surface area (Å²) in [7, 11) is 0. The second-order valence-corrected chi connectivity index (χ2v) is 6.32. The summed E-state index contributed by atoms with van der Waals surface area (Å²) in [6.45, 7) is 4.99. The van der Waals surface area contributed by atoms with Crippen molar-refractivity contribution in [3.05, 3.63) is 27.3 Å². The predicted octanol–water partition coefficient (Wildman–Crippen LogP) is 3.58. The maximum atomic E-state index is 9.17. The molecule has 2 aromatic heterocycles. The van der Waals surface area contributed by atoms with Crippen LogP contribution in [0.5, 0.6) is 0 Å². The van der Waals surface area contributed by atoms with E-state index in [1.165, 1.54) is 11.5 Å². The van der Waals surface area contributed by atoms with Crippen LogP contribution in [-0.2, 0) is 6.42 Å². The van der Waals surface area contributed by atoms with Crippen LogP contribution < -0.4 is 4.90 Å². The topological polar surface area (TPSA) is 52.8 Å². The van der Waals surface area contributed by atoms with Crippen molar-refractivity contribution in [1.29, 1.82) is 5.26 Å². The zero-order valence-corrected chi connectivity index (χ0v) is 13.0. The summed E-state index contributed by atoms with van der Waals surface area (Å²) >= 11 is 8.86. The van der Waals surface area contributed by atoms with Crippen molar-refractivity contribution >= 4 is 39.5 Å². The molecule has 0 fully saturated rings. The lowest BCUT2D eigenvalue weighted by molar-refractivity contribution is 0.682. The fraction of sp³-hybridized carbons (Fsp3) is 0.417. The van der Waals surface area contributed by atoms with Gasteiger partial charge in [0.1, 0.15) is 16.6 Å². The highest BCUT2D eigenvalue weighted by molar-refractivity contribution is 7.11. The summed E-state index contributed by atoms with van der Waals surface area (Å²) in [5.74, 6) is 0. The Balaban J connectivity index is 2.18. The van der Waals surface area contributed by atoms with Gasteiger partial charge in [-0.25, -0.2) is 4.98 Å². The highest BCUT2D eigenvalue weighted by Gasteiger charge is 2.20. The molecule has 0 unspecified atom stereocenters. The highest BCUT2D eigenvalue weighted by Crippen LogP contribution is 2.32. The van der Waals surface area contributed by atoms with Crippen molar-refractivity contribution in [2.24, 2.45) is 0 Å². The molecule has 0 bridgehead atoms. The first-order chi connectivity index (χ1) is 9.13. The maximum Gasteiger partial charge on any atom is 0.162 e. The Hall–Kier alpha value is -1.16. The van der Waals surface area contributed by atoms with Crippen LogP contribution >= 0.6 is 34.5 Å². The Morgan fingerprint density at radius 3 is 2.89 bits per heavy atom. The van der Waals surface area contributed by atoms with Gasteiger partial charge in [-0.1, -0.05) is 11.6 Å². The van der Waals surface area contributed by atoms with E-state index in [-0.39, 0.29) is 6.04 Å². The average Bonchev–Trinajstić information content (AvgIpc) is 2.99. The first kappa shape index (κ1) is 14.3. The number of nitriles is 1. The first-order valence-electron chi connectivity index (χ1n) is 5.83. The second-order valence-electron chi connectivity index (χ2n) is 4.23. The van der Waals surface area contributed by atoms with E-state index in [1.54, 1.807) is 11.3 Å². The van der Waals surface area contributed by atoms with Gasteiger partial charge in [-0.2, -0.15) is 9.64 Å². The van der Waals surface area contributed by atoms with Gasteiger partial charge >= 0.3 is 0 Å². The van der Waals surface area contributed by atoms with Crippen molar-refractivity contribution in [3.63, 3.8) is 0 Å². The largest absolute Gasteiger partial charge is 0.358 e. The number of nitrogens with zero attached hydrogens (tertiary/aromatic N) is 4. The van der Waals surface area contributed by atoms with Crippen molar-refractivity contribution in [1.82, 2.24) is 9.36 Å². The summed E-state index contributed by atoms with van der Waals surface area (Å²) in [5, 5.41) is 13.4. The third-order valence-corrected chi connectivity index (χ3v) is 4.78. The molecule has 0 atom stereocenters. The average molecular weight is 313 g/mol. The van der Waals surface area contributed by atoms with Crippen molar-refractivity contribution in [2.75, 3.05) is 11.4 Å². The van der Waals surface area contributed by atoms with Crippen LogP contribution in [-0.4, -0.2) is 21.9 Å². The van der Waals surface area contributed by atoms with Gasteiger partial charge in [-0.15, -0.1) is 11.3 Å². The van der Waals surface area contributed by atoms with Gasteiger partial charge in [0, 0.05) is 30.6 Å². The quantitative estimate of drug-likeness (QED) is 0.846. The van der Waals surface area contributed by atoms with Gasteiger partial charge in [0.05, 0.1) is 5.01 Å². The van der Waals surface area contributed by atoms with E-state index in [0.717, 1.165) is 23.0 Å². The molecule has 0 aliphatic heterocycles. The minimum absolute atomic E-state index is 0.281. The minimum atomic E-state index is 0.281. The molecule has 7 heteroatoms. The molecule has 0 aliphatic carbocycles. The Bertz CT molecular complexity index is 571. The second kappa shape index (κ2) is 6.33. The molecule has 0 amide bonds. The fourth-order valence-electron chi connectivity index (χ4n) is 1.74. The maximum absolute atomic E-state index is 9.17. The lowest BCUT2D eigenvalue weighted by Gasteiger charge is -2.26. The van der Waals surface area contributed by atoms with Crippen LogP contribution in [0.4, 0.5) is 5.00 Å². The molecule has 0 N–H and O–H groups in total. The molecular formula is C12H13ClN4S2. The molecule has 100 valence electrons. The van der Waals surface area contributed by atoms with Crippen LogP contribution in [0, 0.1) is 11.3 Å². The van der Waals surface area contributed by atoms with Crippen LogP contribution in [0.2, 0.25) is 5.15 Å². The number of aromatic nitrogens is 2. The van der Waals surface area contributed by atoms with E-state index >= 15 is 0 Å². The summed E-state index contributed by atoms with van der Waals surface area (Å²) in [5.41, 5.74) is 0.472. The molecule has 0 spiro atoms. The summed E-state index contributed by atoms with van der Waals surface area (Å²) in [4.78, 5) is 6.43. The van der Waals surface area contributed by atoms with Crippen LogP contribution in [0.25, 0.3) is 0 Å². The molecule has 2 heterocycles. The molecule has 2 rings (SSSR count). The Morgan fingerprint density at radius 1 is 1.53 bits per heavy atom. The summed E-state index contributed by atoms with van der Waals surface area (Å²) in [6.07, 6.45) is 2.67. The molecule has 4 nitrogen and oxygen atoms in total. The van der Waals surface area contributed by atoms with Crippen molar-refractivity contribution in [3.8, 4) is 6.07 Å². The third kappa shape index (κ3) is 3.24. The van der Waals surface area contributed by atoms with Crippen LogP contribution in [0.1, 0.15) is 24.4 Å². The minimum Gasteiger partial charge on any atom is -0.358 e. The Morgan fingerprint density at radius 2 is 2.32 bits per heavy atom. The van der Waals surface area contributed by atoms with E-state index in [1.807, 2.05) is 11.6 Å². The van der Waals surface area contributed by atoms with Crippen LogP contribution in [0.3, 0.4) is 0 Å².